The van der Waals surface area contributed by atoms with Gasteiger partial charge in [0.2, 0.25) is 0 Å². The van der Waals surface area contributed by atoms with Crippen molar-refractivity contribution < 1.29 is 28.6 Å². The van der Waals surface area contributed by atoms with E-state index in [0.29, 0.717) is 19.3 Å². The maximum atomic E-state index is 12.8. The fraction of sp³-hybridized carbons (Fsp3) is 0.696. The number of esters is 3. The smallest absolute Gasteiger partial charge is 0.306 e. The number of carbonyl (C=O) groups is 3. The van der Waals surface area contributed by atoms with Crippen LogP contribution in [0.5, 0.6) is 0 Å². The van der Waals surface area contributed by atoms with Gasteiger partial charge in [0.05, 0.1) is 0 Å². The molecule has 0 rings (SSSR count). The lowest BCUT2D eigenvalue weighted by atomic mass is 10.0. The third-order valence-corrected chi connectivity index (χ3v) is 13.3. The Balaban J connectivity index is 3.95. The van der Waals surface area contributed by atoms with E-state index in [9.17, 15) is 14.4 Å². The number of rotatable bonds is 56. The monoisotopic (exact) mass is 1040 g/mol. The van der Waals surface area contributed by atoms with Crippen molar-refractivity contribution >= 4 is 17.9 Å². The first-order chi connectivity index (χ1) is 37.0. The molecule has 0 aliphatic heterocycles. The van der Waals surface area contributed by atoms with Gasteiger partial charge in [-0.3, -0.25) is 14.4 Å². The fourth-order valence-electron chi connectivity index (χ4n) is 8.64. The van der Waals surface area contributed by atoms with Crippen molar-refractivity contribution in [2.45, 2.75) is 297 Å². The molecule has 0 spiro atoms. The Labute approximate surface area is 463 Å². The summed E-state index contributed by atoms with van der Waals surface area (Å²) in [5, 5.41) is 0. The van der Waals surface area contributed by atoms with Gasteiger partial charge >= 0.3 is 17.9 Å². The van der Waals surface area contributed by atoms with E-state index in [0.717, 1.165) is 135 Å². The van der Waals surface area contributed by atoms with Crippen molar-refractivity contribution in [3.63, 3.8) is 0 Å². The Hall–Kier alpha value is -3.93. The van der Waals surface area contributed by atoms with Crippen LogP contribution >= 0.6 is 0 Å². The van der Waals surface area contributed by atoms with E-state index >= 15 is 0 Å². The Morgan fingerprint density at radius 3 is 0.813 bits per heavy atom. The van der Waals surface area contributed by atoms with Gasteiger partial charge in [-0.15, -0.1) is 0 Å². The van der Waals surface area contributed by atoms with E-state index in [2.05, 4.69) is 130 Å². The van der Waals surface area contributed by atoms with E-state index in [4.69, 9.17) is 14.2 Å². The zero-order valence-electron chi connectivity index (χ0n) is 49.0. The Morgan fingerprint density at radius 1 is 0.280 bits per heavy atom. The minimum absolute atomic E-state index is 0.0858. The number of allylic oxidation sites excluding steroid dienone is 18. The molecule has 0 aromatic rings. The molecule has 0 N–H and O–H groups in total. The first kappa shape index (κ1) is 71.1. The Bertz CT molecular complexity index is 1520. The number of hydrogen-bond acceptors (Lipinski definition) is 6. The van der Waals surface area contributed by atoms with Crippen LogP contribution in [-0.2, 0) is 28.6 Å². The summed E-state index contributed by atoms with van der Waals surface area (Å²) in [6.07, 6.45) is 85.9. The summed E-state index contributed by atoms with van der Waals surface area (Å²) in [6, 6.07) is 0. The van der Waals surface area contributed by atoms with Crippen LogP contribution in [0.4, 0.5) is 0 Å². The van der Waals surface area contributed by atoms with Gasteiger partial charge < -0.3 is 14.2 Å². The number of hydrogen-bond donors (Lipinski definition) is 0. The summed E-state index contributed by atoms with van der Waals surface area (Å²) in [5.74, 6) is -0.919. The van der Waals surface area contributed by atoms with Crippen LogP contribution in [0, 0.1) is 0 Å². The van der Waals surface area contributed by atoms with Gasteiger partial charge in [0, 0.05) is 19.3 Å². The topological polar surface area (TPSA) is 78.9 Å². The van der Waals surface area contributed by atoms with Gasteiger partial charge in [0.15, 0.2) is 6.10 Å². The molecule has 0 amide bonds. The predicted octanol–water partition coefficient (Wildman–Crippen LogP) is 21.4. The Kier molecular flexibility index (Phi) is 59.3. The van der Waals surface area contributed by atoms with Crippen molar-refractivity contribution in [2.75, 3.05) is 13.2 Å². The molecule has 6 heteroatoms. The predicted molar refractivity (Wildman–Crippen MR) is 325 cm³/mol. The van der Waals surface area contributed by atoms with Crippen molar-refractivity contribution in [1.82, 2.24) is 0 Å². The van der Waals surface area contributed by atoms with Crippen molar-refractivity contribution in [3.8, 4) is 0 Å². The molecule has 0 aromatic carbocycles. The highest BCUT2D eigenvalue weighted by atomic mass is 16.6. The Morgan fingerprint density at radius 2 is 0.520 bits per heavy atom. The molecule has 428 valence electrons. The van der Waals surface area contributed by atoms with Crippen molar-refractivity contribution in [2.24, 2.45) is 0 Å². The van der Waals surface area contributed by atoms with Crippen LogP contribution in [0.3, 0.4) is 0 Å². The maximum absolute atomic E-state index is 12.8. The fourth-order valence-corrected chi connectivity index (χ4v) is 8.64. The van der Waals surface area contributed by atoms with Crippen LogP contribution in [0.15, 0.2) is 109 Å². The molecule has 0 aliphatic carbocycles. The average Bonchev–Trinajstić information content (AvgIpc) is 3.41. The van der Waals surface area contributed by atoms with Gasteiger partial charge in [0.1, 0.15) is 13.2 Å². The second kappa shape index (κ2) is 62.6. The standard InChI is InChI=1S/C69H116O6/c1-4-7-10-13-15-17-19-21-23-25-26-27-28-29-30-31-32-33-34-35-36-37-38-39-40-41-42-44-45-47-49-51-53-56-59-62-68(71)74-65-66(64-73-67(70)61-58-55-12-9-6-3)75-69(72)63-60-57-54-52-50-48-46-43-24-22-20-18-16-14-11-8-5-2/h7-8,10-11,15-18,21-24,26-27,29-30,46,48,66H,4-6,9,12-14,19-20,25,28,31-45,47,49-65H2,1-3H3/b10-7-,11-8-,17-15-,18-16-,23-21-,24-22-,27-26-,30-29-,48-46-. The molecule has 1 atom stereocenters. The highest BCUT2D eigenvalue weighted by molar-refractivity contribution is 5.71. The van der Waals surface area contributed by atoms with Gasteiger partial charge in [-0.05, 0) is 103 Å². The lowest BCUT2D eigenvalue weighted by molar-refractivity contribution is -0.167. The van der Waals surface area contributed by atoms with E-state index in [-0.39, 0.29) is 31.1 Å². The molecule has 0 heterocycles. The summed E-state index contributed by atoms with van der Waals surface area (Å²) in [4.78, 5) is 37.8. The summed E-state index contributed by atoms with van der Waals surface area (Å²) in [5.41, 5.74) is 0. The van der Waals surface area contributed by atoms with E-state index < -0.39 is 6.10 Å². The number of unbranched alkanes of at least 4 members (excludes halogenated alkanes) is 27. The molecule has 0 saturated carbocycles. The van der Waals surface area contributed by atoms with Gasteiger partial charge in [-0.1, -0.05) is 278 Å². The van der Waals surface area contributed by atoms with E-state index in [1.807, 2.05) is 0 Å². The molecule has 0 aliphatic rings. The molecule has 0 saturated heterocycles. The first-order valence-corrected chi connectivity index (χ1v) is 31.4. The highest BCUT2D eigenvalue weighted by Crippen LogP contribution is 2.16. The van der Waals surface area contributed by atoms with Gasteiger partial charge in [-0.25, -0.2) is 0 Å². The van der Waals surface area contributed by atoms with E-state index in [1.54, 1.807) is 0 Å². The van der Waals surface area contributed by atoms with Gasteiger partial charge in [0.25, 0.3) is 0 Å². The van der Waals surface area contributed by atoms with Crippen LogP contribution in [-0.4, -0.2) is 37.2 Å². The normalized spacial score (nSPS) is 12.8. The zero-order valence-corrected chi connectivity index (χ0v) is 49.0. The molecule has 0 fully saturated rings. The molecule has 75 heavy (non-hydrogen) atoms. The summed E-state index contributed by atoms with van der Waals surface area (Å²) < 4.78 is 16.7. The third-order valence-electron chi connectivity index (χ3n) is 13.3. The first-order valence-electron chi connectivity index (χ1n) is 31.4. The quantitative estimate of drug-likeness (QED) is 0.0261. The molecule has 0 aromatic heterocycles. The SMILES string of the molecule is CC/C=C\C/C=C\C/C=C\C/C=C\C/C=C\CCCCCCCCCCCCCCCCCCCCCC(=O)OCC(COC(=O)CCCCCCC)OC(=O)CCCCCC/C=C\C/C=C\C/C=C\C/C=C\CC. The number of ether oxygens (including phenoxy) is 3. The largest absolute Gasteiger partial charge is 0.462 e. The van der Waals surface area contributed by atoms with Crippen molar-refractivity contribution in [1.29, 1.82) is 0 Å². The third kappa shape index (κ3) is 60.8. The molecule has 6 nitrogen and oxygen atoms in total. The zero-order chi connectivity index (χ0) is 54.3. The lowest BCUT2D eigenvalue weighted by Gasteiger charge is -2.18. The van der Waals surface area contributed by atoms with Gasteiger partial charge in [-0.2, -0.15) is 0 Å². The van der Waals surface area contributed by atoms with Crippen LogP contribution in [0.1, 0.15) is 290 Å². The lowest BCUT2D eigenvalue weighted by Crippen LogP contribution is -2.30. The summed E-state index contributed by atoms with van der Waals surface area (Å²) in [6.45, 7) is 6.32. The number of carbonyl (C=O) groups excluding carboxylic acids is 3. The molecular formula is C69H116O6. The van der Waals surface area contributed by atoms with Crippen LogP contribution < -0.4 is 0 Å². The summed E-state index contributed by atoms with van der Waals surface area (Å²) in [7, 11) is 0. The maximum Gasteiger partial charge on any atom is 0.306 e. The molecular weight excluding hydrogens is 925 g/mol. The minimum atomic E-state index is -0.786. The van der Waals surface area contributed by atoms with E-state index in [1.165, 1.54) is 116 Å². The van der Waals surface area contributed by atoms with Crippen LogP contribution in [0.25, 0.3) is 0 Å². The highest BCUT2D eigenvalue weighted by Gasteiger charge is 2.19. The minimum Gasteiger partial charge on any atom is -0.462 e. The molecule has 0 bridgehead atoms. The second-order valence-corrected chi connectivity index (χ2v) is 20.6. The second-order valence-electron chi connectivity index (χ2n) is 20.6. The average molecular weight is 1040 g/mol. The van der Waals surface area contributed by atoms with Crippen LogP contribution in [0.2, 0.25) is 0 Å². The summed E-state index contributed by atoms with van der Waals surface area (Å²) >= 11 is 0. The van der Waals surface area contributed by atoms with Crippen molar-refractivity contribution in [3.05, 3.63) is 109 Å². The molecule has 1 unspecified atom stereocenters. The molecule has 0 radical (unpaired) electrons.